The summed E-state index contributed by atoms with van der Waals surface area (Å²) in [6.45, 7) is 12.2. The van der Waals surface area contributed by atoms with Crippen LogP contribution in [0.5, 0.6) is 0 Å². The maximum atomic E-state index is 11.9. The van der Waals surface area contributed by atoms with E-state index in [0.29, 0.717) is 23.7 Å². The first kappa shape index (κ1) is 25.3. The Hall–Kier alpha value is -2.97. The Bertz CT molecular complexity index is 903. The number of hydrogen-bond donors (Lipinski definition) is 3. The lowest BCUT2D eigenvalue weighted by molar-refractivity contribution is -0.0218. The molecule has 174 valence electrons. The summed E-state index contributed by atoms with van der Waals surface area (Å²) in [5.74, 6) is 0.261. The van der Waals surface area contributed by atoms with Crippen LogP contribution in [0.15, 0.2) is 52.7 Å². The zero-order valence-electron chi connectivity index (χ0n) is 19.7. The molecule has 32 heavy (non-hydrogen) atoms. The van der Waals surface area contributed by atoms with Crippen LogP contribution in [0.2, 0.25) is 0 Å². The second kappa shape index (κ2) is 11.6. The molecule has 1 atom stereocenters. The van der Waals surface area contributed by atoms with Gasteiger partial charge in [-0.15, -0.1) is 0 Å². The molecule has 2 aromatic rings. The van der Waals surface area contributed by atoms with E-state index in [-0.39, 0.29) is 18.1 Å². The Balaban J connectivity index is 1.93. The van der Waals surface area contributed by atoms with Crippen molar-refractivity contribution in [1.29, 1.82) is 0 Å². The first-order valence-electron chi connectivity index (χ1n) is 10.7. The fraction of sp³-hybridized carbons (Fsp3) is 0.458. The van der Waals surface area contributed by atoms with Gasteiger partial charge < -0.3 is 19.9 Å². The molecule has 2 rings (SSSR count). The Kier molecular flexibility index (Phi) is 9.16. The molecule has 8 heteroatoms. The summed E-state index contributed by atoms with van der Waals surface area (Å²) in [4.78, 5) is 11.9. The molecular formula is C24H34N4O4. The predicted octanol–water partition coefficient (Wildman–Crippen LogP) is 6.34. The summed E-state index contributed by atoms with van der Waals surface area (Å²) in [5.41, 5.74) is 3.63. The molecule has 1 unspecified atom stereocenters. The normalized spacial score (nSPS) is 12.8. The van der Waals surface area contributed by atoms with Gasteiger partial charge in [0.15, 0.2) is 0 Å². The smallest absolute Gasteiger partial charge is 0.411 e. The average Bonchev–Trinajstić information content (AvgIpc) is 2.70. The van der Waals surface area contributed by atoms with E-state index in [1.807, 2.05) is 39.0 Å². The molecule has 0 radical (unpaired) electrons. The lowest BCUT2D eigenvalue weighted by atomic mass is 10.0. The van der Waals surface area contributed by atoms with Crippen molar-refractivity contribution in [2.45, 2.75) is 59.3 Å². The fourth-order valence-corrected chi connectivity index (χ4v) is 2.81. The second-order valence-corrected chi connectivity index (χ2v) is 8.72. The second-order valence-electron chi connectivity index (χ2n) is 8.72. The predicted molar refractivity (Wildman–Crippen MR) is 127 cm³/mol. The molecular weight excluding hydrogens is 408 g/mol. The molecule has 8 nitrogen and oxygen atoms in total. The number of nitrogens with zero attached hydrogens (tertiary/aromatic N) is 2. The fourth-order valence-electron chi connectivity index (χ4n) is 2.81. The minimum absolute atomic E-state index is 0.180. The van der Waals surface area contributed by atoms with Crippen molar-refractivity contribution >= 4 is 28.8 Å². The molecule has 0 aliphatic carbocycles. The van der Waals surface area contributed by atoms with Gasteiger partial charge in [-0.2, -0.15) is 10.2 Å². The molecule has 0 aliphatic rings. The van der Waals surface area contributed by atoms with Crippen molar-refractivity contribution in [2.24, 2.45) is 10.2 Å². The van der Waals surface area contributed by atoms with Crippen molar-refractivity contribution < 1.29 is 19.4 Å². The molecule has 0 spiro atoms. The van der Waals surface area contributed by atoms with Crippen LogP contribution in [0.1, 0.15) is 53.0 Å². The number of benzene rings is 2. The van der Waals surface area contributed by atoms with Gasteiger partial charge in [-0.25, -0.2) is 4.79 Å². The van der Waals surface area contributed by atoms with E-state index in [1.54, 1.807) is 31.2 Å². The SMILES string of the molecule is CC(O)Nc1ccc(N=Nc2ccc(NC(=O)OCCOC(C)(C)C)cc2)cc1C(C)C. The largest absolute Gasteiger partial charge is 0.447 e. The Labute approximate surface area is 190 Å². The number of carbonyl (C=O) groups is 1. The third-order valence-electron chi connectivity index (χ3n) is 4.27. The molecule has 0 heterocycles. The van der Waals surface area contributed by atoms with E-state index in [1.165, 1.54) is 0 Å². The van der Waals surface area contributed by atoms with Crippen LogP contribution in [-0.2, 0) is 9.47 Å². The highest BCUT2D eigenvalue weighted by molar-refractivity contribution is 5.84. The zero-order valence-corrected chi connectivity index (χ0v) is 19.7. The molecule has 0 saturated carbocycles. The van der Waals surface area contributed by atoms with Gasteiger partial charge in [-0.1, -0.05) is 13.8 Å². The van der Waals surface area contributed by atoms with Gasteiger partial charge in [-0.3, -0.25) is 5.32 Å². The number of aliphatic hydroxyl groups excluding tert-OH is 1. The Morgan fingerprint density at radius 3 is 2.22 bits per heavy atom. The van der Waals surface area contributed by atoms with Crippen LogP contribution in [0.25, 0.3) is 0 Å². The van der Waals surface area contributed by atoms with Crippen LogP contribution in [-0.4, -0.2) is 36.2 Å². The summed E-state index contributed by atoms with van der Waals surface area (Å²) in [5, 5.41) is 23.9. The monoisotopic (exact) mass is 442 g/mol. The van der Waals surface area contributed by atoms with Gasteiger partial charge in [0, 0.05) is 11.4 Å². The van der Waals surface area contributed by atoms with E-state index >= 15 is 0 Å². The number of aliphatic hydroxyl groups is 1. The van der Waals surface area contributed by atoms with Crippen LogP contribution in [0.3, 0.4) is 0 Å². The van der Waals surface area contributed by atoms with Crippen molar-refractivity contribution in [3.05, 3.63) is 48.0 Å². The average molecular weight is 443 g/mol. The number of azo groups is 1. The summed E-state index contributed by atoms with van der Waals surface area (Å²) < 4.78 is 10.6. The van der Waals surface area contributed by atoms with Crippen molar-refractivity contribution in [3.8, 4) is 0 Å². The molecule has 0 aliphatic heterocycles. The van der Waals surface area contributed by atoms with E-state index in [2.05, 4.69) is 34.7 Å². The lowest BCUT2D eigenvalue weighted by Gasteiger charge is -2.19. The third kappa shape index (κ3) is 9.03. The lowest BCUT2D eigenvalue weighted by Crippen LogP contribution is -2.23. The van der Waals surface area contributed by atoms with Gasteiger partial charge in [-0.05, 0) is 81.6 Å². The van der Waals surface area contributed by atoms with E-state index < -0.39 is 12.3 Å². The first-order valence-corrected chi connectivity index (χ1v) is 10.7. The number of ether oxygens (including phenoxy) is 2. The minimum Gasteiger partial charge on any atom is -0.447 e. The highest BCUT2D eigenvalue weighted by Gasteiger charge is 2.11. The maximum Gasteiger partial charge on any atom is 0.411 e. The summed E-state index contributed by atoms with van der Waals surface area (Å²) in [7, 11) is 0. The van der Waals surface area contributed by atoms with Crippen molar-refractivity contribution in [2.75, 3.05) is 23.8 Å². The molecule has 0 aromatic heterocycles. The highest BCUT2D eigenvalue weighted by Crippen LogP contribution is 2.30. The summed E-state index contributed by atoms with van der Waals surface area (Å²) in [6.07, 6.45) is -1.18. The number of rotatable bonds is 9. The quantitative estimate of drug-likeness (QED) is 0.239. The maximum absolute atomic E-state index is 11.9. The molecule has 0 saturated heterocycles. The van der Waals surface area contributed by atoms with Crippen molar-refractivity contribution in [3.63, 3.8) is 0 Å². The Morgan fingerprint density at radius 2 is 1.62 bits per heavy atom. The number of anilines is 2. The highest BCUT2D eigenvalue weighted by atomic mass is 16.6. The van der Waals surface area contributed by atoms with Gasteiger partial charge in [0.1, 0.15) is 12.8 Å². The van der Waals surface area contributed by atoms with Gasteiger partial charge in [0.05, 0.1) is 23.6 Å². The molecule has 3 N–H and O–H groups in total. The third-order valence-corrected chi connectivity index (χ3v) is 4.27. The molecule has 0 bridgehead atoms. The molecule has 0 fully saturated rings. The number of hydrogen-bond acceptors (Lipinski definition) is 7. The topological polar surface area (TPSA) is 105 Å². The van der Waals surface area contributed by atoms with E-state index in [0.717, 1.165) is 11.3 Å². The molecule has 2 aromatic carbocycles. The number of carbonyl (C=O) groups excluding carboxylic acids is 1. The van der Waals surface area contributed by atoms with E-state index in [9.17, 15) is 9.90 Å². The number of amides is 1. The standard InChI is InChI=1S/C24H34N4O4/c1-16(2)21-15-20(11-12-22(21)25-17(3)29)28-27-19-9-7-18(8-10-19)26-23(30)31-13-14-32-24(4,5)6/h7-12,15-17,25,29H,13-14H2,1-6H3,(H,26,30). The minimum atomic E-state index is -0.638. The van der Waals surface area contributed by atoms with Crippen LogP contribution >= 0.6 is 0 Å². The first-order chi connectivity index (χ1) is 15.0. The Morgan fingerprint density at radius 1 is 1.00 bits per heavy atom. The number of nitrogens with one attached hydrogen (secondary N) is 2. The van der Waals surface area contributed by atoms with Crippen LogP contribution in [0.4, 0.5) is 27.5 Å². The van der Waals surface area contributed by atoms with Gasteiger partial charge in [0.25, 0.3) is 0 Å². The summed E-state index contributed by atoms with van der Waals surface area (Å²) >= 11 is 0. The van der Waals surface area contributed by atoms with Gasteiger partial charge in [0.2, 0.25) is 0 Å². The zero-order chi connectivity index (χ0) is 23.7. The van der Waals surface area contributed by atoms with Crippen molar-refractivity contribution in [1.82, 2.24) is 0 Å². The van der Waals surface area contributed by atoms with Gasteiger partial charge >= 0.3 is 6.09 Å². The summed E-state index contributed by atoms with van der Waals surface area (Å²) in [6, 6.07) is 12.7. The van der Waals surface area contributed by atoms with E-state index in [4.69, 9.17) is 9.47 Å². The molecule has 1 amide bonds. The van der Waals surface area contributed by atoms with Crippen LogP contribution in [0, 0.1) is 0 Å². The van der Waals surface area contributed by atoms with Crippen LogP contribution < -0.4 is 10.6 Å².